The van der Waals surface area contributed by atoms with E-state index in [1.807, 2.05) is 12.1 Å². The van der Waals surface area contributed by atoms with Gasteiger partial charge in [-0.3, -0.25) is 9.80 Å². The Morgan fingerprint density at radius 3 is 2.50 bits per heavy atom. The van der Waals surface area contributed by atoms with Gasteiger partial charge in [0, 0.05) is 58.2 Å². The number of piperazine rings is 1. The van der Waals surface area contributed by atoms with Gasteiger partial charge < -0.3 is 9.64 Å². The highest BCUT2D eigenvalue weighted by Gasteiger charge is 2.33. The first-order valence-electron chi connectivity index (χ1n) is 12.5. The molecule has 3 aliphatic rings. The lowest BCUT2D eigenvalue weighted by molar-refractivity contribution is -0.000118. The van der Waals surface area contributed by atoms with Crippen molar-refractivity contribution in [3.63, 3.8) is 0 Å². The molecule has 0 amide bonds. The van der Waals surface area contributed by atoms with Crippen LogP contribution in [-0.2, 0) is 21.1 Å². The molecule has 2 unspecified atom stereocenters. The molecule has 0 radical (unpaired) electrons. The van der Waals surface area contributed by atoms with Gasteiger partial charge in [-0.25, -0.2) is 8.42 Å². The van der Waals surface area contributed by atoms with Crippen LogP contribution in [0.25, 0.3) is 0 Å². The molecule has 3 saturated heterocycles. The van der Waals surface area contributed by atoms with Crippen molar-refractivity contribution >= 4 is 9.84 Å². The molecule has 4 rings (SSSR count). The fraction of sp³-hybridized carbons (Fsp3) is 0.760. The number of rotatable bonds is 9. The van der Waals surface area contributed by atoms with E-state index in [4.69, 9.17) is 4.74 Å². The Balaban J connectivity index is 1.17. The van der Waals surface area contributed by atoms with Crippen molar-refractivity contribution in [2.24, 2.45) is 5.92 Å². The minimum absolute atomic E-state index is 0.400. The predicted molar refractivity (Wildman–Crippen MR) is 129 cm³/mol. The molecule has 0 saturated carbocycles. The predicted octanol–water partition coefficient (Wildman–Crippen LogP) is 2.88. The van der Waals surface area contributed by atoms with Gasteiger partial charge in [0.1, 0.15) is 0 Å². The van der Waals surface area contributed by atoms with Gasteiger partial charge in [0.05, 0.1) is 4.90 Å². The van der Waals surface area contributed by atoms with Gasteiger partial charge in [-0.15, -0.1) is 0 Å². The standard InChI is InChI=1S/C25H41N3O3S/c1-32(29,30)25-8-6-22(7-9-25)19-27-15-16-28-14-10-23(18-24(28)20-27)21-31-17-5-13-26-11-3-2-4-12-26/h6-9,23-24H,2-5,10-21H2,1H3. The van der Waals surface area contributed by atoms with E-state index >= 15 is 0 Å². The van der Waals surface area contributed by atoms with Gasteiger partial charge in [-0.05, 0) is 75.4 Å². The summed E-state index contributed by atoms with van der Waals surface area (Å²) in [4.78, 5) is 8.18. The summed E-state index contributed by atoms with van der Waals surface area (Å²) in [6.07, 6.45) is 9.05. The zero-order valence-corrected chi connectivity index (χ0v) is 20.6. The summed E-state index contributed by atoms with van der Waals surface area (Å²) in [7, 11) is -3.13. The van der Waals surface area contributed by atoms with E-state index in [2.05, 4.69) is 14.7 Å². The number of benzene rings is 1. The van der Waals surface area contributed by atoms with Crippen LogP contribution in [0, 0.1) is 5.92 Å². The number of ether oxygens (including phenoxy) is 1. The molecule has 3 aliphatic heterocycles. The maximum absolute atomic E-state index is 11.7. The van der Waals surface area contributed by atoms with E-state index < -0.39 is 9.84 Å². The first-order chi connectivity index (χ1) is 15.5. The molecule has 6 nitrogen and oxygen atoms in total. The third-order valence-corrected chi connectivity index (χ3v) is 8.57. The minimum Gasteiger partial charge on any atom is -0.381 e. The van der Waals surface area contributed by atoms with Crippen LogP contribution >= 0.6 is 0 Å². The molecular formula is C25H41N3O3S. The highest BCUT2D eigenvalue weighted by Crippen LogP contribution is 2.27. The molecule has 0 aromatic heterocycles. The summed E-state index contributed by atoms with van der Waals surface area (Å²) in [6.45, 7) is 11.0. The first-order valence-corrected chi connectivity index (χ1v) is 14.4. The number of likely N-dealkylation sites (tertiary alicyclic amines) is 1. The van der Waals surface area contributed by atoms with E-state index in [1.54, 1.807) is 12.1 Å². The molecule has 0 bridgehead atoms. The van der Waals surface area contributed by atoms with Crippen LogP contribution in [-0.4, -0.2) is 94.4 Å². The topological polar surface area (TPSA) is 53.1 Å². The fourth-order valence-electron chi connectivity index (χ4n) is 5.54. The second kappa shape index (κ2) is 11.4. The van der Waals surface area contributed by atoms with Crippen LogP contribution in [0.5, 0.6) is 0 Å². The molecule has 0 aliphatic carbocycles. The monoisotopic (exact) mass is 463 g/mol. The molecular weight excluding hydrogens is 422 g/mol. The SMILES string of the molecule is CS(=O)(=O)c1ccc(CN2CCN3CCC(COCCCN4CCCCC4)CC3C2)cc1. The van der Waals surface area contributed by atoms with E-state index in [9.17, 15) is 8.42 Å². The number of hydrogen-bond acceptors (Lipinski definition) is 6. The highest BCUT2D eigenvalue weighted by atomic mass is 32.2. The second-order valence-corrected chi connectivity index (χ2v) is 12.1. The molecule has 3 heterocycles. The van der Waals surface area contributed by atoms with Crippen molar-refractivity contribution in [1.82, 2.24) is 14.7 Å². The third-order valence-electron chi connectivity index (χ3n) is 7.44. The Hall–Kier alpha value is -0.990. The summed E-state index contributed by atoms with van der Waals surface area (Å²) in [5.74, 6) is 0.681. The van der Waals surface area contributed by atoms with E-state index in [0.29, 0.717) is 16.9 Å². The van der Waals surface area contributed by atoms with E-state index in [0.717, 1.165) is 45.8 Å². The van der Waals surface area contributed by atoms with Gasteiger partial charge in [0.25, 0.3) is 0 Å². The van der Waals surface area contributed by atoms with Gasteiger partial charge in [-0.1, -0.05) is 18.6 Å². The van der Waals surface area contributed by atoms with Crippen LogP contribution in [0.4, 0.5) is 0 Å². The third kappa shape index (κ3) is 7.00. The second-order valence-electron chi connectivity index (χ2n) is 10.1. The molecule has 2 atom stereocenters. The van der Waals surface area contributed by atoms with Gasteiger partial charge in [-0.2, -0.15) is 0 Å². The van der Waals surface area contributed by atoms with Crippen molar-refractivity contribution in [2.75, 3.05) is 65.3 Å². The van der Waals surface area contributed by atoms with Crippen LogP contribution in [0.3, 0.4) is 0 Å². The number of sulfone groups is 1. The molecule has 0 spiro atoms. The van der Waals surface area contributed by atoms with Gasteiger partial charge in [0.2, 0.25) is 0 Å². The molecule has 3 fully saturated rings. The van der Waals surface area contributed by atoms with Crippen LogP contribution in [0.2, 0.25) is 0 Å². The normalized spacial score (nSPS) is 26.2. The largest absolute Gasteiger partial charge is 0.381 e. The minimum atomic E-state index is -3.13. The average molecular weight is 464 g/mol. The summed E-state index contributed by atoms with van der Waals surface area (Å²) < 4.78 is 29.5. The molecule has 180 valence electrons. The molecule has 32 heavy (non-hydrogen) atoms. The van der Waals surface area contributed by atoms with Crippen molar-refractivity contribution in [3.05, 3.63) is 29.8 Å². The summed E-state index contributed by atoms with van der Waals surface area (Å²) >= 11 is 0. The van der Waals surface area contributed by atoms with Gasteiger partial charge >= 0.3 is 0 Å². The lowest BCUT2D eigenvalue weighted by Crippen LogP contribution is -2.56. The molecule has 7 heteroatoms. The number of nitrogens with zero attached hydrogens (tertiary/aromatic N) is 3. The average Bonchev–Trinajstić information content (AvgIpc) is 2.79. The fourth-order valence-corrected chi connectivity index (χ4v) is 6.18. The van der Waals surface area contributed by atoms with Crippen molar-refractivity contribution in [3.8, 4) is 0 Å². The van der Waals surface area contributed by atoms with Crippen molar-refractivity contribution < 1.29 is 13.2 Å². The van der Waals surface area contributed by atoms with Crippen LogP contribution < -0.4 is 0 Å². The number of piperidine rings is 2. The Kier molecular flexibility index (Phi) is 8.62. The smallest absolute Gasteiger partial charge is 0.175 e. The Morgan fingerprint density at radius 2 is 1.75 bits per heavy atom. The maximum atomic E-state index is 11.7. The quantitative estimate of drug-likeness (QED) is 0.525. The highest BCUT2D eigenvalue weighted by molar-refractivity contribution is 7.90. The molecule has 0 N–H and O–H groups in total. The lowest BCUT2D eigenvalue weighted by atomic mass is 9.90. The van der Waals surface area contributed by atoms with Crippen molar-refractivity contribution in [2.45, 2.75) is 56.0 Å². The van der Waals surface area contributed by atoms with Gasteiger partial charge in [0.15, 0.2) is 9.84 Å². The molecule has 1 aromatic carbocycles. The Morgan fingerprint density at radius 1 is 0.969 bits per heavy atom. The summed E-state index contributed by atoms with van der Waals surface area (Å²) in [5, 5.41) is 0. The Labute approximate surface area is 194 Å². The van der Waals surface area contributed by atoms with E-state index in [-0.39, 0.29) is 0 Å². The summed E-state index contributed by atoms with van der Waals surface area (Å²) in [6, 6.07) is 8.02. The Bertz CT molecular complexity index is 808. The summed E-state index contributed by atoms with van der Waals surface area (Å²) in [5.41, 5.74) is 1.19. The first kappa shape index (κ1) is 24.1. The lowest BCUT2D eigenvalue weighted by Gasteiger charge is -2.46. The zero-order valence-electron chi connectivity index (χ0n) is 19.8. The van der Waals surface area contributed by atoms with Crippen molar-refractivity contribution in [1.29, 1.82) is 0 Å². The number of hydrogen-bond donors (Lipinski definition) is 0. The zero-order chi connectivity index (χ0) is 22.4. The number of fused-ring (bicyclic) bond motifs is 1. The maximum Gasteiger partial charge on any atom is 0.175 e. The molecule has 1 aromatic rings. The van der Waals surface area contributed by atoms with E-state index in [1.165, 1.54) is 70.1 Å². The van der Waals surface area contributed by atoms with Crippen LogP contribution in [0.1, 0.15) is 44.1 Å². The van der Waals surface area contributed by atoms with Crippen LogP contribution in [0.15, 0.2) is 29.2 Å².